The maximum Gasteiger partial charge on any atom is 0.472 e. The van der Waals surface area contributed by atoms with Crippen molar-refractivity contribution in [1.29, 1.82) is 0 Å². The molecule has 0 aromatic heterocycles. The molecular formula is C88H172O17P2. The molecule has 107 heavy (non-hydrogen) atoms. The first-order valence-electron chi connectivity index (χ1n) is 45.3. The van der Waals surface area contributed by atoms with Crippen LogP contribution in [0.5, 0.6) is 0 Å². The Kier molecular flexibility index (Phi) is 76.6. The largest absolute Gasteiger partial charge is 0.472 e. The zero-order chi connectivity index (χ0) is 78.6. The first kappa shape index (κ1) is 105. The van der Waals surface area contributed by atoms with Gasteiger partial charge in [-0.25, -0.2) is 9.13 Å². The molecule has 3 N–H and O–H groups in total. The molecule has 0 fully saturated rings. The highest BCUT2D eigenvalue weighted by atomic mass is 31.2. The number of aliphatic hydroxyl groups is 1. The van der Waals surface area contributed by atoms with Crippen molar-refractivity contribution >= 4 is 39.5 Å². The lowest BCUT2D eigenvalue weighted by atomic mass is 10.0. The molecule has 0 rings (SSSR count). The van der Waals surface area contributed by atoms with E-state index in [4.69, 9.17) is 37.0 Å². The molecule has 0 bridgehead atoms. The lowest BCUT2D eigenvalue weighted by molar-refractivity contribution is -0.161. The van der Waals surface area contributed by atoms with E-state index in [2.05, 4.69) is 48.5 Å². The number of rotatable bonds is 86. The Morgan fingerprint density at radius 2 is 0.430 bits per heavy atom. The fourth-order valence-electron chi connectivity index (χ4n) is 13.7. The van der Waals surface area contributed by atoms with Crippen LogP contribution in [0.2, 0.25) is 0 Å². The van der Waals surface area contributed by atoms with Gasteiger partial charge in [0, 0.05) is 25.7 Å². The number of phosphoric ester groups is 2. The van der Waals surface area contributed by atoms with Gasteiger partial charge in [-0.1, -0.05) is 414 Å². The number of carbonyl (C=O) groups is 4. The van der Waals surface area contributed by atoms with E-state index in [-0.39, 0.29) is 25.7 Å². The summed E-state index contributed by atoms with van der Waals surface area (Å²) in [5.41, 5.74) is 0. The second kappa shape index (κ2) is 78.0. The minimum absolute atomic E-state index is 0.108. The molecule has 0 aliphatic rings. The average molecular weight is 1560 g/mol. The van der Waals surface area contributed by atoms with Gasteiger partial charge in [-0.05, 0) is 43.4 Å². The molecule has 0 aliphatic carbocycles. The molecule has 17 nitrogen and oxygen atoms in total. The van der Waals surface area contributed by atoms with Crippen LogP contribution in [0, 0.1) is 17.8 Å². The highest BCUT2D eigenvalue weighted by Gasteiger charge is 2.31. The standard InChI is InChI=1S/C88H172O17P2/c1-8-9-10-11-12-13-14-24-34-41-48-55-62-69-85(90)98-75-83(105-88(93)72-65-58-51-44-37-30-23-27-33-40-47-54-61-68-81(6)7)77-102-106(94,95)100-73-82(89)74-101-107(96,97)103-78-84(76-99-86(91)70-63-56-49-42-35-28-22-21-26-32-39-46-53-60-67-80(4)5)104-87(92)71-64-57-50-43-36-29-20-18-16-15-17-19-25-31-38-45-52-59-66-79(2)3/h79-84,89H,8-78H2,1-7H3,(H,94,95)(H,96,97)/t82-,83+,84+/m0/s1. The first-order chi connectivity index (χ1) is 51.7. The van der Waals surface area contributed by atoms with Gasteiger partial charge in [-0.2, -0.15) is 0 Å². The molecule has 19 heteroatoms. The molecule has 0 spiro atoms. The summed E-state index contributed by atoms with van der Waals surface area (Å²) in [6.45, 7) is 12.1. The lowest BCUT2D eigenvalue weighted by Crippen LogP contribution is -2.30. The van der Waals surface area contributed by atoms with Crippen molar-refractivity contribution in [2.75, 3.05) is 39.6 Å². The van der Waals surface area contributed by atoms with Crippen molar-refractivity contribution in [1.82, 2.24) is 0 Å². The minimum Gasteiger partial charge on any atom is -0.462 e. The van der Waals surface area contributed by atoms with Gasteiger partial charge >= 0.3 is 39.5 Å². The fraction of sp³-hybridized carbons (Fsp3) is 0.955. The summed E-state index contributed by atoms with van der Waals surface area (Å²) in [5, 5.41) is 10.7. The lowest BCUT2D eigenvalue weighted by Gasteiger charge is -2.21. The number of unbranched alkanes of at least 4 members (excludes halogenated alkanes) is 54. The Labute approximate surface area is 658 Å². The third-order valence-electron chi connectivity index (χ3n) is 20.6. The normalized spacial score (nSPS) is 13.8. The van der Waals surface area contributed by atoms with E-state index in [9.17, 15) is 43.2 Å². The zero-order valence-corrected chi connectivity index (χ0v) is 72.4. The summed E-state index contributed by atoms with van der Waals surface area (Å²) in [4.78, 5) is 73.3. The average Bonchev–Trinajstić information content (AvgIpc) is 1.34. The van der Waals surface area contributed by atoms with Gasteiger partial charge < -0.3 is 33.8 Å². The number of esters is 4. The molecule has 636 valence electrons. The smallest absolute Gasteiger partial charge is 0.462 e. The third kappa shape index (κ3) is 81.9. The molecule has 0 amide bonds. The van der Waals surface area contributed by atoms with Gasteiger partial charge in [0.25, 0.3) is 0 Å². The Morgan fingerprint density at radius 1 is 0.252 bits per heavy atom. The number of phosphoric acid groups is 2. The molecule has 0 aliphatic heterocycles. The van der Waals surface area contributed by atoms with Crippen molar-refractivity contribution in [3.8, 4) is 0 Å². The van der Waals surface area contributed by atoms with E-state index < -0.39 is 97.5 Å². The van der Waals surface area contributed by atoms with Crippen molar-refractivity contribution in [3.63, 3.8) is 0 Å². The molecule has 0 aromatic carbocycles. The zero-order valence-electron chi connectivity index (χ0n) is 70.6. The molecule has 0 aromatic rings. The molecular weight excluding hydrogens is 1390 g/mol. The summed E-state index contributed by atoms with van der Waals surface area (Å²) in [7, 11) is -9.93. The number of aliphatic hydroxyl groups excluding tert-OH is 1. The van der Waals surface area contributed by atoms with E-state index in [1.165, 1.54) is 276 Å². The minimum atomic E-state index is -4.97. The van der Waals surface area contributed by atoms with Crippen LogP contribution in [0.4, 0.5) is 0 Å². The number of hydrogen-bond donors (Lipinski definition) is 3. The fourth-order valence-corrected chi connectivity index (χ4v) is 15.3. The first-order valence-corrected chi connectivity index (χ1v) is 48.3. The summed E-state index contributed by atoms with van der Waals surface area (Å²) in [6.07, 6.45) is 69.3. The van der Waals surface area contributed by atoms with Gasteiger partial charge in [-0.15, -0.1) is 0 Å². The molecule has 0 radical (unpaired) electrons. The molecule has 2 unspecified atom stereocenters. The molecule has 5 atom stereocenters. The number of ether oxygens (including phenoxy) is 4. The van der Waals surface area contributed by atoms with Crippen LogP contribution >= 0.6 is 15.6 Å². The summed E-state index contributed by atoms with van der Waals surface area (Å²) >= 11 is 0. The monoisotopic (exact) mass is 1560 g/mol. The predicted octanol–water partition coefficient (Wildman–Crippen LogP) is 26.9. The van der Waals surface area contributed by atoms with E-state index in [1.54, 1.807) is 0 Å². The second-order valence-corrected chi connectivity index (χ2v) is 36.0. The maximum atomic E-state index is 13.2. The summed E-state index contributed by atoms with van der Waals surface area (Å²) < 4.78 is 69.0. The van der Waals surface area contributed by atoms with Crippen LogP contribution in [-0.2, 0) is 65.4 Å². The van der Waals surface area contributed by atoms with Crippen molar-refractivity contribution in [2.45, 2.75) is 484 Å². The number of hydrogen-bond acceptors (Lipinski definition) is 15. The number of carbonyl (C=O) groups excluding carboxylic acids is 4. The van der Waals surface area contributed by atoms with Gasteiger partial charge in [-0.3, -0.25) is 37.3 Å². The second-order valence-electron chi connectivity index (χ2n) is 33.1. The van der Waals surface area contributed by atoms with Gasteiger partial charge in [0.1, 0.15) is 19.3 Å². The van der Waals surface area contributed by atoms with Gasteiger partial charge in [0.05, 0.1) is 26.4 Å². The van der Waals surface area contributed by atoms with Gasteiger partial charge in [0.2, 0.25) is 0 Å². The molecule has 0 heterocycles. The quantitative estimate of drug-likeness (QED) is 0.0222. The molecule has 0 saturated heterocycles. The topological polar surface area (TPSA) is 237 Å². The van der Waals surface area contributed by atoms with Crippen molar-refractivity contribution < 1.29 is 80.2 Å². The van der Waals surface area contributed by atoms with Crippen LogP contribution < -0.4 is 0 Å². The highest BCUT2D eigenvalue weighted by molar-refractivity contribution is 7.47. The maximum absolute atomic E-state index is 13.2. The molecule has 0 saturated carbocycles. The van der Waals surface area contributed by atoms with Crippen molar-refractivity contribution in [2.24, 2.45) is 17.8 Å². The Morgan fingerprint density at radius 3 is 0.636 bits per heavy atom. The van der Waals surface area contributed by atoms with Crippen LogP contribution in [0.1, 0.15) is 466 Å². The van der Waals surface area contributed by atoms with E-state index >= 15 is 0 Å². The van der Waals surface area contributed by atoms with Crippen LogP contribution in [0.15, 0.2) is 0 Å². The Balaban J connectivity index is 5.26. The van der Waals surface area contributed by atoms with Crippen LogP contribution in [0.3, 0.4) is 0 Å². The SMILES string of the molecule is CCCCCCCCCCCCCCCC(=O)OC[C@H](COP(=O)(O)OC[C@H](O)COP(=O)(O)OC[C@@H](COC(=O)CCCCCCCCCCCCCCCCC(C)C)OC(=O)CCCCCCCCCCCCCCCCCCCCC(C)C)OC(=O)CCCCCCCCCCCCCCCC(C)C. The Bertz CT molecular complexity index is 2060. The van der Waals surface area contributed by atoms with E-state index in [0.29, 0.717) is 25.7 Å². The van der Waals surface area contributed by atoms with E-state index in [0.717, 1.165) is 108 Å². The van der Waals surface area contributed by atoms with Crippen LogP contribution in [0.25, 0.3) is 0 Å². The van der Waals surface area contributed by atoms with Crippen molar-refractivity contribution in [3.05, 3.63) is 0 Å². The van der Waals surface area contributed by atoms with Gasteiger partial charge in [0.15, 0.2) is 12.2 Å². The summed E-state index contributed by atoms with van der Waals surface area (Å²) in [5.74, 6) is 0.307. The van der Waals surface area contributed by atoms with E-state index in [1.807, 2.05) is 0 Å². The predicted molar refractivity (Wildman–Crippen MR) is 441 cm³/mol. The Hall–Kier alpha value is -1.94. The van der Waals surface area contributed by atoms with Crippen LogP contribution in [-0.4, -0.2) is 96.7 Å². The summed E-state index contributed by atoms with van der Waals surface area (Å²) in [6, 6.07) is 0. The third-order valence-corrected chi connectivity index (χ3v) is 22.5. The highest BCUT2D eigenvalue weighted by Crippen LogP contribution is 2.45.